The normalized spacial score (nSPS) is 11.3. The first-order chi connectivity index (χ1) is 9.36. The van der Waals surface area contributed by atoms with Gasteiger partial charge in [0.05, 0.1) is 5.39 Å². The quantitative estimate of drug-likeness (QED) is 0.873. The van der Waals surface area contributed by atoms with Crippen molar-refractivity contribution in [2.24, 2.45) is 0 Å². The van der Waals surface area contributed by atoms with Gasteiger partial charge in [-0.1, -0.05) is 20.8 Å². The molecule has 2 heterocycles. The van der Waals surface area contributed by atoms with Crippen molar-refractivity contribution in [3.8, 4) is 0 Å². The minimum Gasteiger partial charge on any atom is -0.332 e. The summed E-state index contributed by atoms with van der Waals surface area (Å²) in [4.78, 5) is 35.6. The Morgan fingerprint density at radius 3 is 2.60 bits per heavy atom. The SMILES string of the molecule is CCC(=O)On1c(C(C)C)nc2sc(C)c(C)c2c1=O. The summed E-state index contributed by atoms with van der Waals surface area (Å²) in [5.41, 5.74) is 0.599. The topological polar surface area (TPSA) is 61.2 Å². The first kappa shape index (κ1) is 14.7. The van der Waals surface area contributed by atoms with Gasteiger partial charge in [-0.15, -0.1) is 16.1 Å². The number of carbonyl (C=O) groups excluding carboxylic acids is 1. The summed E-state index contributed by atoms with van der Waals surface area (Å²) in [6.07, 6.45) is 0.212. The van der Waals surface area contributed by atoms with E-state index in [1.807, 2.05) is 27.7 Å². The van der Waals surface area contributed by atoms with Crippen molar-refractivity contribution in [1.82, 2.24) is 9.71 Å². The van der Waals surface area contributed by atoms with Crippen LogP contribution in [0.25, 0.3) is 10.2 Å². The summed E-state index contributed by atoms with van der Waals surface area (Å²) in [6, 6.07) is 0. The molecule has 0 bridgehead atoms. The standard InChI is InChI=1S/C14H18N2O3S/c1-6-10(17)19-16-12(7(2)3)15-13-11(14(16)18)8(4)9(5)20-13/h7H,6H2,1-5H3. The second kappa shape index (κ2) is 5.36. The Kier molecular flexibility index (Phi) is 3.94. The molecule has 0 aliphatic heterocycles. The summed E-state index contributed by atoms with van der Waals surface area (Å²) in [5.74, 6) is 0.0183. The predicted octanol–water partition coefficient (Wildman–Crippen LogP) is 2.56. The summed E-state index contributed by atoms with van der Waals surface area (Å²) in [6.45, 7) is 9.36. The van der Waals surface area contributed by atoms with Gasteiger partial charge in [0.15, 0.2) is 5.82 Å². The number of aromatic nitrogens is 2. The Balaban J connectivity index is 2.78. The van der Waals surface area contributed by atoms with Crippen molar-refractivity contribution in [2.45, 2.75) is 47.0 Å². The van der Waals surface area contributed by atoms with E-state index in [0.717, 1.165) is 15.2 Å². The van der Waals surface area contributed by atoms with Crippen LogP contribution in [-0.4, -0.2) is 15.7 Å². The second-order valence-electron chi connectivity index (χ2n) is 5.00. The zero-order chi connectivity index (χ0) is 15.0. The van der Waals surface area contributed by atoms with Crippen LogP contribution < -0.4 is 10.4 Å². The van der Waals surface area contributed by atoms with Gasteiger partial charge in [-0.3, -0.25) is 4.79 Å². The molecule has 2 aromatic rings. The van der Waals surface area contributed by atoms with Gasteiger partial charge in [-0.2, -0.15) is 0 Å². The van der Waals surface area contributed by atoms with Gasteiger partial charge in [0.2, 0.25) is 0 Å². The molecule has 0 fully saturated rings. The minimum absolute atomic E-state index is 0.0144. The average Bonchev–Trinajstić information content (AvgIpc) is 2.68. The zero-order valence-corrected chi connectivity index (χ0v) is 13.1. The van der Waals surface area contributed by atoms with Gasteiger partial charge in [-0.25, -0.2) is 9.78 Å². The number of thiophene rings is 1. The molecule has 2 rings (SSSR count). The maximum atomic E-state index is 12.6. The first-order valence-electron chi connectivity index (χ1n) is 6.60. The third-order valence-corrected chi connectivity index (χ3v) is 4.29. The van der Waals surface area contributed by atoms with E-state index in [0.29, 0.717) is 16.0 Å². The maximum absolute atomic E-state index is 12.6. The number of fused-ring (bicyclic) bond motifs is 1. The van der Waals surface area contributed by atoms with Gasteiger partial charge < -0.3 is 4.84 Å². The minimum atomic E-state index is -0.445. The highest BCUT2D eigenvalue weighted by atomic mass is 32.1. The molecule has 108 valence electrons. The van der Waals surface area contributed by atoms with Crippen molar-refractivity contribution in [2.75, 3.05) is 0 Å². The van der Waals surface area contributed by atoms with Crippen LogP contribution in [-0.2, 0) is 4.79 Å². The maximum Gasteiger partial charge on any atom is 0.332 e. The predicted molar refractivity (Wildman–Crippen MR) is 79.3 cm³/mol. The van der Waals surface area contributed by atoms with Crippen LogP contribution in [0.1, 0.15) is 49.4 Å². The molecular weight excluding hydrogens is 276 g/mol. The van der Waals surface area contributed by atoms with Crippen LogP contribution in [0, 0.1) is 13.8 Å². The second-order valence-corrected chi connectivity index (χ2v) is 6.21. The van der Waals surface area contributed by atoms with Gasteiger partial charge in [-0.05, 0) is 19.4 Å². The van der Waals surface area contributed by atoms with Crippen molar-refractivity contribution in [1.29, 1.82) is 0 Å². The van der Waals surface area contributed by atoms with Crippen LogP contribution >= 0.6 is 11.3 Å². The molecule has 0 atom stereocenters. The first-order valence-corrected chi connectivity index (χ1v) is 7.42. The third kappa shape index (κ3) is 2.35. The van der Waals surface area contributed by atoms with Crippen LogP contribution in [0.2, 0.25) is 0 Å². The Hall–Kier alpha value is -1.69. The Labute approximate surface area is 121 Å². The van der Waals surface area contributed by atoms with E-state index in [1.165, 1.54) is 11.3 Å². The van der Waals surface area contributed by atoms with Crippen molar-refractivity contribution in [3.63, 3.8) is 0 Å². The van der Waals surface area contributed by atoms with Crippen molar-refractivity contribution >= 4 is 27.5 Å². The summed E-state index contributed by atoms with van der Waals surface area (Å²) < 4.78 is 1.05. The average molecular weight is 294 g/mol. The van der Waals surface area contributed by atoms with Gasteiger partial charge in [0.25, 0.3) is 5.56 Å². The highest BCUT2D eigenvalue weighted by molar-refractivity contribution is 7.18. The third-order valence-electron chi connectivity index (χ3n) is 3.19. The summed E-state index contributed by atoms with van der Waals surface area (Å²) in [7, 11) is 0. The fourth-order valence-electron chi connectivity index (χ4n) is 1.91. The van der Waals surface area contributed by atoms with Gasteiger partial charge in [0, 0.05) is 17.2 Å². The van der Waals surface area contributed by atoms with Gasteiger partial charge in [0.1, 0.15) is 4.83 Å². The van der Waals surface area contributed by atoms with Gasteiger partial charge >= 0.3 is 5.97 Å². The van der Waals surface area contributed by atoms with E-state index in [1.54, 1.807) is 6.92 Å². The van der Waals surface area contributed by atoms with E-state index < -0.39 is 5.97 Å². The molecule has 0 spiro atoms. The van der Waals surface area contributed by atoms with Crippen LogP contribution in [0.3, 0.4) is 0 Å². The van der Waals surface area contributed by atoms with E-state index >= 15 is 0 Å². The molecule has 20 heavy (non-hydrogen) atoms. The number of nitrogens with zero attached hydrogens (tertiary/aromatic N) is 2. The smallest absolute Gasteiger partial charge is 0.332 e. The molecule has 0 amide bonds. The highest BCUT2D eigenvalue weighted by Gasteiger charge is 2.20. The molecule has 6 heteroatoms. The molecule has 5 nitrogen and oxygen atoms in total. The molecule has 0 aromatic carbocycles. The lowest BCUT2D eigenvalue weighted by Crippen LogP contribution is -2.34. The van der Waals surface area contributed by atoms with Crippen molar-refractivity contribution < 1.29 is 9.63 Å². The molecule has 0 N–H and O–H groups in total. The Morgan fingerprint density at radius 1 is 1.40 bits per heavy atom. The van der Waals surface area contributed by atoms with Crippen LogP contribution in [0.15, 0.2) is 4.79 Å². The number of rotatable bonds is 3. The van der Waals surface area contributed by atoms with Crippen LogP contribution in [0.5, 0.6) is 0 Å². The summed E-state index contributed by atoms with van der Waals surface area (Å²) in [5, 5.41) is 0.542. The van der Waals surface area contributed by atoms with Crippen LogP contribution in [0.4, 0.5) is 0 Å². The summed E-state index contributed by atoms with van der Waals surface area (Å²) >= 11 is 1.49. The fourth-order valence-corrected chi connectivity index (χ4v) is 2.94. The molecule has 0 saturated carbocycles. The lowest BCUT2D eigenvalue weighted by Gasteiger charge is -2.13. The number of hydrogen-bond acceptors (Lipinski definition) is 5. The molecule has 2 aromatic heterocycles. The van der Waals surface area contributed by atoms with E-state index in [2.05, 4.69) is 4.98 Å². The van der Waals surface area contributed by atoms with E-state index in [9.17, 15) is 9.59 Å². The number of hydrogen-bond donors (Lipinski definition) is 0. The molecule has 0 unspecified atom stereocenters. The number of carbonyl (C=O) groups is 1. The van der Waals surface area contributed by atoms with E-state index in [-0.39, 0.29) is 17.9 Å². The lowest BCUT2D eigenvalue weighted by atomic mass is 10.2. The van der Waals surface area contributed by atoms with Crippen molar-refractivity contribution in [3.05, 3.63) is 26.6 Å². The monoisotopic (exact) mass is 294 g/mol. The van der Waals surface area contributed by atoms with E-state index in [4.69, 9.17) is 4.84 Å². The number of aryl methyl sites for hydroxylation is 2. The molecule has 0 saturated heterocycles. The highest BCUT2D eigenvalue weighted by Crippen LogP contribution is 2.27. The fraction of sp³-hybridized carbons (Fsp3) is 0.500. The zero-order valence-electron chi connectivity index (χ0n) is 12.3. The Bertz CT molecular complexity index is 728. The largest absolute Gasteiger partial charge is 0.332 e. The molecule has 0 radical (unpaired) electrons. The Morgan fingerprint density at radius 2 is 2.05 bits per heavy atom. The molecule has 0 aliphatic rings. The molecular formula is C14H18N2O3S. The molecule has 0 aliphatic carbocycles. The lowest BCUT2D eigenvalue weighted by molar-refractivity contribution is -0.144.